The van der Waals surface area contributed by atoms with Crippen molar-refractivity contribution in [3.05, 3.63) is 46.6 Å². The average Bonchev–Trinajstić information content (AvgIpc) is 2.84. The third kappa shape index (κ3) is 4.35. The minimum Gasteiger partial charge on any atom is -0.508 e. The van der Waals surface area contributed by atoms with E-state index in [1.165, 1.54) is 37.4 Å². The van der Waals surface area contributed by atoms with E-state index in [-0.39, 0.29) is 34.0 Å². The first kappa shape index (κ1) is 24.3. The van der Waals surface area contributed by atoms with Gasteiger partial charge in [-0.1, -0.05) is 0 Å². The molecule has 2 aromatic carbocycles. The van der Waals surface area contributed by atoms with Crippen molar-refractivity contribution in [1.82, 2.24) is 0 Å². The van der Waals surface area contributed by atoms with Gasteiger partial charge in [-0.15, -0.1) is 0 Å². The van der Waals surface area contributed by atoms with Gasteiger partial charge in [0.05, 0.1) is 14.2 Å². The van der Waals surface area contributed by atoms with Crippen molar-refractivity contribution in [2.45, 2.75) is 30.7 Å². The fourth-order valence-electron chi connectivity index (χ4n) is 3.70. The normalized spacial score (nSPS) is 24.2. The zero-order valence-corrected chi connectivity index (χ0v) is 18.4. The molecule has 0 saturated carbocycles. The lowest BCUT2D eigenvalue weighted by Gasteiger charge is -2.38. The Morgan fingerprint density at radius 2 is 1.66 bits per heavy atom. The number of methoxy groups -OCH3 is 2. The third-order valence-electron chi connectivity index (χ3n) is 5.50. The van der Waals surface area contributed by atoms with Gasteiger partial charge in [-0.3, -0.25) is 4.79 Å². The molecule has 5 atom stereocenters. The number of rotatable bonds is 5. The van der Waals surface area contributed by atoms with Crippen molar-refractivity contribution in [3.8, 4) is 34.3 Å². The highest BCUT2D eigenvalue weighted by molar-refractivity contribution is 5.88. The van der Waals surface area contributed by atoms with Crippen molar-refractivity contribution in [1.29, 1.82) is 0 Å². The predicted octanol–water partition coefficient (Wildman–Crippen LogP) is 0.239. The summed E-state index contributed by atoms with van der Waals surface area (Å²) in [7, 11) is 2.31. The van der Waals surface area contributed by atoms with Gasteiger partial charge in [0.15, 0.2) is 11.9 Å². The van der Waals surface area contributed by atoms with Gasteiger partial charge in [-0.05, 0) is 24.3 Å². The summed E-state index contributed by atoms with van der Waals surface area (Å²) in [6, 6.07) is 8.02. The molecule has 1 saturated heterocycles. The maximum Gasteiger partial charge on any atom is 0.337 e. The van der Waals surface area contributed by atoms with Crippen LogP contribution < -0.4 is 14.9 Å². The zero-order chi connectivity index (χ0) is 25.4. The Bertz CT molecular complexity index is 1300. The van der Waals surface area contributed by atoms with Crippen molar-refractivity contribution in [3.63, 3.8) is 0 Å². The molecule has 4 rings (SSSR count). The molecule has 186 valence electrons. The molecule has 3 aromatic rings. The van der Waals surface area contributed by atoms with Crippen molar-refractivity contribution >= 4 is 16.9 Å². The van der Waals surface area contributed by atoms with Gasteiger partial charge in [0.1, 0.15) is 46.5 Å². The Kier molecular flexibility index (Phi) is 6.54. The first-order valence-corrected chi connectivity index (χ1v) is 10.3. The number of phenols is 2. The lowest BCUT2D eigenvalue weighted by Crippen LogP contribution is -2.61. The lowest BCUT2D eigenvalue weighted by atomic mass is 9.99. The number of phenolic OH excluding ortho intramolecular Hbond substituents is 2. The molecule has 35 heavy (non-hydrogen) atoms. The van der Waals surface area contributed by atoms with Crippen LogP contribution in [0.25, 0.3) is 22.3 Å². The highest BCUT2D eigenvalue weighted by Crippen LogP contribution is 2.37. The van der Waals surface area contributed by atoms with Crippen LogP contribution in [-0.2, 0) is 14.3 Å². The van der Waals surface area contributed by atoms with E-state index in [9.17, 15) is 35.1 Å². The molecule has 5 N–H and O–H groups in total. The highest BCUT2D eigenvalue weighted by Gasteiger charge is 2.48. The first-order valence-electron chi connectivity index (χ1n) is 10.3. The molecule has 1 fully saturated rings. The van der Waals surface area contributed by atoms with Gasteiger partial charge in [0.25, 0.3) is 0 Å². The predicted molar refractivity (Wildman–Crippen MR) is 117 cm³/mol. The van der Waals surface area contributed by atoms with Crippen LogP contribution in [0.2, 0.25) is 0 Å². The van der Waals surface area contributed by atoms with E-state index in [0.29, 0.717) is 5.56 Å². The van der Waals surface area contributed by atoms with Crippen molar-refractivity contribution in [2.75, 3.05) is 14.2 Å². The molecular weight excluding hydrogens is 468 g/mol. The summed E-state index contributed by atoms with van der Waals surface area (Å²) >= 11 is 0. The van der Waals surface area contributed by atoms with Crippen molar-refractivity contribution < 1.29 is 53.7 Å². The molecule has 0 bridgehead atoms. The van der Waals surface area contributed by atoms with Gasteiger partial charge < -0.3 is 48.9 Å². The van der Waals surface area contributed by atoms with Gasteiger partial charge in [-0.25, -0.2) is 4.79 Å². The molecule has 5 unspecified atom stereocenters. The number of hydrogen-bond donors (Lipinski definition) is 5. The molecule has 1 aliphatic rings. The van der Waals surface area contributed by atoms with Crippen LogP contribution >= 0.6 is 0 Å². The van der Waals surface area contributed by atoms with E-state index in [1.54, 1.807) is 0 Å². The fourth-order valence-corrected chi connectivity index (χ4v) is 3.70. The lowest BCUT2D eigenvalue weighted by molar-refractivity contribution is -0.271. The van der Waals surface area contributed by atoms with Gasteiger partial charge in [0.2, 0.25) is 17.5 Å². The number of esters is 1. The Morgan fingerprint density at radius 1 is 0.971 bits per heavy atom. The van der Waals surface area contributed by atoms with E-state index in [4.69, 9.17) is 18.6 Å². The minimum absolute atomic E-state index is 0.00668. The molecule has 0 amide bonds. The van der Waals surface area contributed by atoms with Gasteiger partial charge in [-0.2, -0.15) is 0 Å². The maximum absolute atomic E-state index is 13.0. The van der Waals surface area contributed by atoms with Crippen LogP contribution in [0.15, 0.2) is 45.6 Å². The number of hydrogen-bond acceptors (Lipinski definition) is 12. The number of carbonyl (C=O) groups excluding carboxylic acids is 1. The largest absolute Gasteiger partial charge is 0.508 e. The van der Waals surface area contributed by atoms with Gasteiger partial charge >= 0.3 is 5.97 Å². The number of aromatic hydroxyl groups is 2. The smallest absolute Gasteiger partial charge is 0.337 e. The molecule has 2 heterocycles. The van der Waals surface area contributed by atoms with Crippen LogP contribution in [0.5, 0.6) is 23.0 Å². The van der Waals surface area contributed by atoms with E-state index in [0.717, 1.165) is 13.2 Å². The molecule has 12 heteroatoms. The molecule has 0 radical (unpaired) electrons. The maximum atomic E-state index is 13.0. The Balaban J connectivity index is 1.76. The number of benzene rings is 2. The quantitative estimate of drug-likeness (QED) is 0.307. The SMILES string of the molecule is COC(=O)C1OC(Oc2cc(O)c3c(=O)c(OC)c(-c4ccc(O)cc4)oc3c2)C(O)C(O)C1O. The molecular formula is C23H22O12. The Labute approximate surface area is 197 Å². The fraction of sp³-hybridized carbons (Fsp3) is 0.304. The summed E-state index contributed by atoms with van der Waals surface area (Å²) in [4.78, 5) is 24.9. The van der Waals surface area contributed by atoms with E-state index < -0.39 is 47.9 Å². The summed E-state index contributed by atoms with van der Waals surface area (Å²) in [6.07, 6.45) is -8.67. The van der Waals surface area contributed by atoms with Crippen LogP contribution in [0, 0.1) is 0 Å². The van der Waals surface area contributed by atoms with Crippen LogP contribution in [-0.4, -0.2) is 76.4 Å². The summed E-state index contributed by atoms with van der Waals surface area (Å²) in [6.45, 7) is 0. The summed E-state index contributed by atoms with van der Waals surface area (Å²) < 4.78 is 26.4. The summed E-state index contributed by atoms with van der Waals surface area (Å²) in [5, 5.41) is 50.2. The Morgan fingerprint density at radius 3 is 2.29 bits per heavy atom. The topological polar surface area (TPSA) is 185 Å². The average molecular weight is 490 g/mol. The highest BCUT2D eigenvalue weighted by atomic mass is 16.7. The molecule has 1 aliphatic heterocycles. The second-order valence-corrected chi connectivity index (χ2v) is 7.69. The first-order chi connectivity index (χ1) is 16.7. The number of fused-ring (bicyclic) bond motifs is 1. The second kappa shape index (κ2) is 9.43. The number of carbonyl (C=O) groups is 1. The molecule has 1 aromatic heterocycles. The standard InChI is InChI=1S/C23H22O12/c1-31-20-15(26)14-12(25)7-11(8-13(14)34-19(20)9-3-5-10(24)6-4-9)33-23-18(29)16(27)17(28)21(35-23)22(30)32-2/h3-8,16-18,21,23-25,27-29H,1-2H3. The molecule has 12 nitrogen and oxygen atoms in total. The number of aliphatic hydroxyl groups excluding tert-OH is 3. The van der Waals surface area contributed by atoms with Crippen molar-refractivity contribution in [2.24, 2.45) is 0 Å². The van der Waals surface area contributed by atoms with Crippen LogP contribution in [0.4, 0.5) is 0 Å². The monoisotopic (exact) mass is 490 g/mol. The van der Waals surface area contributed by atoms with Crippen LogP contribution in [0.1, 0.15) is 0 Å². The van der Waals surface area contributed by atoms with E-state index >= 15 is 0 Å². The second-order valence-electron chi connectivity index (χ2n) is 7.69. The minimum atomic E-state index is -1.81. The van der Waals surface area contributed by atoms with E-state index in [2.05, 4.69) is 4.74 Å². The summed E-state index contributed by atoms with van der Waals surface area (Å²) in [5.74, 6) is -1.88. The number of ether oxygens (including phenoxy) is 4. The molecule has 0 aliphatic carbocycles. The van der Waals surface area contributed by atoms with Crippen LogP contribution in [0.3, 0.4) is 0 Å². The zero-order valence-electron chi connectivity index (χ0n) is 18.4. The Hall–Kier alpha value is -3.84. The third-order valence-corrected chi connectivity index (χ3v) is 5.50. The van der Waals surface area contributed by atoms with Gasteiger partial charge in [0, 0.05) is 17.7 Å². The molecule has 0 spiro atoms. The summed E-state index contributed by atoms with van der Waals surface area (Å²) in [5.41, 5.74) is -0.406. The number of aliphatic hydroxyl groups is 3. The van der Waals surface area contributed by atoms with E-state index in [1.807, 2.05) is 0 Å².